The van der Waals surface area contributed by atoms with E-state index in [9.17, 15) is 18.0 Å². The number of aromatic carboxylic acids is 1. The van der Waals surface area contributed by atoms with Gasteiger partial charge in [-0.3, -0.25) is 0 Å². The molecule has 0 atom stereocenters. The van der Waals surface area contributed by atoms with Gasteiger partial charge in [0.15, 0.2) is 0 Å². The Morgan fingerprint density at radius 2 is 2.00 bits per heavy atom. The molecule has 3 nitrogen and oxygen atoms in total. The lowest BCUT2D eigenvalue weighted by Gasteiger charge is -2.13. The Labute approximate surface area is 102 Å². The monoisotopic (exact) mass is 262 g/mol. The number of hydrogen-bond acceptors (Lipinski definition) is 2. The van der Waals surface area contributed by atoms with Gasteiger partial charge in [0.1, 0.15) is 0 Å². The molecule has 0 aliphatic carbocycles. The highest BCUT2D eigenvalue weighted by Gasteiger charge is 2.35. The number of rotatable bonds is 4. The molecule has 1 N–H and O–H groups in total. The lowest BCUT2D eigenvalue weighted by molar-refractivity contribution is -0.138. The van der Waals surface area contributed by atoms with Gasteiger partial charge >= 0.3 is 12.1 Å². The summed E-state index contributed by atoms with van der Waals surface area (Å²) in [6.45, 7) is 3.53. The van der Waals surface area contributed by atoms with E-state index >= 15 is 0 Å². The molecule has 0 unspecified atom stereocenters. The van der Waals surface area contributed by atoms with Crippen molar-refractivity contribution in [1.82, 2.24) is 0 Å². The van der Waals surface area contributed by atoms with E-state index in [2.05, 4.69) is 0 Å². The van der Waals surface area contributed by atoms with E-state index in [4.69, 9.17) is 9.84 Å². The molecule has 0 bridgehead atoms. The second kappa shape index (κ2) is 5.39. The molecule has 0 aliphatic rings. The summed E-state index contributed by atoms with van der Waals surface area (Å²) < 4.78 is 43.2. The maximum Gasteiger partial charge on any atom is 0.417 e. The molecule has 0 heterocycles. The maximum atomic E-state index is 12.7. The quantitative estimate of drug-likeness (QED) is 0.905. The van der Waals surface area contributed by atoms with Crippen LogP contribution in [0.4, 0.5) is 13.2 Å². The van der Waals surface area contributed by atoms with Gasteiger partial charge in [0, 0.05) is 0 Å². The van der Waals surface area contributed by atoms with Crippen LogP contribution in [0.2, 0.25) is 0 Å². The molecular formula is C12H13F3O3. The molecular weight excluding hydrogens is 249 g/mol. The molecule has 0 spiro atoms. The molecule has 18 heavy (non-hydrogen) atoms. The van der Waals surface area contributed by atoms with Crippen LogP contribution in [0.15, 0.2) is 18.2 Å². The summed E-state index contributed by atoms with van der Waals surface area (Å²) in [5.41, 5.74) is -1.61. The highest BCUT2D eigenvalue weighted by Crippen LogP contribution is 2.32. The van der Waals surface area contributed by atoms with Crippen molar-refractivity contribution >= 4 is 5.97 Å². The molecule has 0 radical (unpaired) electrons. The van der Waals surface area contributed by atoms with Gasteiger partial charge in [-0.15, -0.1) is 0 Å². The number of halogens is 3. The third-order valence-corrected chi connectivity index (χ3v) is 2.20. The molecule has 1 aromatic carbocycles. The molecule has 0 aliphatic heterocycles. The molecule has 0 aromatic heterocycles. The fraction of sp³-hybridized carbons (Fsp3) is 0.417. The summed E-state index contributed by atoms with van der Waals surface area (Å²) in [6.07, 6.45) is -4.81. The first-order valence-electron chi connectivity index (χ1n) is 5.27. The van der Waals surface area contributed by atoms with Gasteiger partial charge in [0.25, 0.3) is 0 Å². The minimum Gasteiger partial charge on any atom is -0.478 e. The summed E-state index contributed by atoms with van der Waals surface area (Å²) >= 11 is 0. The molecule has 0 saturated carbocycles. The predicted molar refractivity (Wildman–Crippen MR) is 58.3 cm³/mol. The zero-order chi connectivity index (χ0) is 13.9. The third kappa shape index (κ3) is 3.73. The average molecular weight is 262 g/mol. The number of alkyl halides is 3. The van der Waals surface area contributed by atoms with E-state index in [1.165, 1.54) is 6.07 Å². The Morgan fingerprint density at radius 3 is 2.44 bits per heavy atom. The van der Waals surface area contributed by atoms with Crippen molar-refractivity contribution < 1.29 is 27.8 Å². The number of ether oxygens (including phenoxy) is 1. The van der Waals surface area contributed by atoms with Crippen molar-refractivity contribution in [3.8, 4) is 0 Å². The van der Waals surface area contributed by atoms with Gasteiger partial charge in [0.2, 0.25) is 0 Å². The van der Waals surface area contributed by atoms with Crippen molar-refractivity contribution in [1.29, 1.82) is 0 Å². The SMILES string of the molecule is CC(C)OCc1ccc(C(=O)O)c(C(F)(F)F)c1. The van der Waals surface area contributed by atoms with E-state index in [0.717, 1.165) is 12.1 Å². The van der Waals surface area contributed by atoms with Gasteiger partial charge in [-0.1, -0.05) is 6.07 Å². The van der Waals surface area contributed by atoms with Crippen LogP contribution >= 0.6 is 0 Å². The maximum absolute atomic E-state index is 12.7. The van der Waals surface area contributed by atoms with Crippen molar-refractivity contribution in [2.45, 2.75) is 32.7 Å². The second-order valence-electron chi connectivity index (χ2n) is 4.04. The minimum absolute atomic E-state index is 0.0145. The fourth-order valence-electron chi connectivity index (χ4n) is 1.37. The molecule has 1 aromatic rings. The predicted octanol–water partition coefficient (Wildman–Crippen LogP) is 3.33. The topological polar surface area (TPSA) is 46.5 Å². The van der Waals surface area contributed by atoms with Crippen LogP contribution in [0.5, 0.6) is 0 Å². The first-order chi connectivity index (χ1) is 8.21. The zero-order valence-corrected chi connectivity index (χ0v) is 9.91. The smallest absolute Gasteiger partial charge is 0.417 e. The standard InChI is InChI=1S/C12H13F3O3/c1-7(2)18-6-8-3-4-9(11(16)17)10(5-8)12(13,14)15/h3-5,7H,6H2,1-2H3,(H,16,17). The normalized spacial score (nSPS) is 11.9. The van der Waals surface area contributed by atoms with Gasteiger partial charge in [-0.05, 0) is 31.5 Å². The Kier molecular flexibility index (Phi) is 4.34. The lowest BCUT2D eigenvalue weighted by atomic mass is 10.0. The van der Waals surface area contributed by atoms with Crippen molar-refractivity contribution in [3.63, 3.8) is 0 Å². The van der Waals surface area contributed by atoms with E-state index in [0.29, 0.717) is 5.56 Å². The lowest BCUT2D eigenvalue weighted by Crippen LogP contribution is -2.14. The highest BCUT2D eigenvalue weighted by molar-refractivity contribution is 5.89. The summed E-state index contributed by atoms with van der Waals surface area (Å²) in [4.78, 5) is 10.7. The minimum atomic E-state index is -4.69. The van der Waals surface area contributed by atoms with Gasteiger partial charge in [0.05, 0.1) is 23.8 Å². The van der Waals surface area contributed by atoms with Crippen LogP contribution in [0.25, 0.3) is 0 Å². The van der Waals surface area contributed by atoms with E-state index in [1.807, 2.05) is 0 Å². The van der Waals surface area contributed by atoms with Crippen molar-refractivity contribution in [2.24, 2.45) is 0 Å². The third-order valence-electron chi connectivity index (χ3n) is 2.20. The average Bonchev–Trinajstić information content (AvgIpc) is 2.24. The molecule has 100 valence electrons. The van der Waals surface area contributed by atoms with E-state index in [-0.39, 0.29) is 12.7 Å². The number of carboxylic acid groups (broad SMARTS) is 1. The Bertz CT molecular complexity index is 439. The van der Waals surface area contributed by atoms with Crippen LogP contribution in [0.3, 0.4) is 0 Å². The van der Waals surface area contributed by atoms with Crippen molar-refractivity contribution in [3.05, 3.63) is 34.9 Å². The van der Waals surface area contributed by atoms with Gasteiger partial charge in [-0.25, -0.2) is 4.79 Å². The summed E-state index contributed by atoms with van der Waals surface area (Å²) in [5, 5.41) is 8.71. The second-order valence-corrected chi connectivity index (χ2v) is 4.04. The summed E-state index contributed by atoms with van der Waals surface area (Å²) in [5.74, 6) is -1.60. The molecule has 1 rings (SSSR count). The summed E-state index contributed by atoms with van der Waals surface area (Å²) in [6, 6.07) is 3.08. The first-order valence-corrected chi connectivity index (χ1v) is 5.27. The number of carboxylic acids is 1. The van der Waals surface area contributed by atoms with Crippen LogP contribution in [-0.4, -0.2) is 17.2 Å². The number of carbonyl (C=O) groups is 1. The Balaban J connectivity index is 3.10. The van der Waals surface area contributed by atoms with Crippen LogP contribution < -0.4 is 0 Å². The van der Waals surface area contributed by atoms with Crippen LogP contribution in [-0.2, 0) is 17.5 Å². The van der Waals surface area contributed by atoms with Crippen molar-refractivity contribution in [2.75, 3.05) is 0 Å². The van der Waals surface area contributed by atoms with Gasteiger partial charge < -0.3 is 9.84 Å². The molecule has 6 heteroatoms. The Hall–Kier alpha value is -1.56. The number of hydrogen-bond donors (Lipinski definition) is 1. The van der Waals surface area contributed by atoms with E-state index < -0.39 is 23.3 Å². The van der Waals surface area contributed by atoms with Crippen LogP contribution in [0.1, 0.15) is 35.3 Å². The fourth-order valence-corrected chi connectivity index (χ4v) is 1.37. The largest absolute Gasteiger partial charge is 0.478 e. The van der Waals surface area contributed by atoms with Crippen LogP contribution in [0, 0.1) is 0 Å². The highest BCUT2D eigenvalue weighted by atomic mass is 19.4. The molecule has 0 amide bonds. The zero-order valence-electron chi connectivity index (χ0n) is 9.91. The first kappa shape index (κ1) is 14.5. The van der Waals surface area contributed by atoms with E-state index in [1.54, 1.807) is 13.8 Å². The Morgan fingerprint density at radius 1 is 1.39 bits per heavy atom. The number of benzene rings is 1. The summed E-state index contributed by atoms with van der Waals surface area (Å²) in [7, 11) is 0. The molecule has 0 saturated heterocycles. The molecule has 0 fully saturated rings. The van der Waals surface area contributed by atoms with Gasteiger partial charge in [-0.2, -0.15) is 13.2 Å².